The predicted octanol–water partition coefficient (Wildman–Crippen LogP) is 4.31. The van der Waals surface area contributed by atoms with Gasteiger partial charge in [0.15, 0.2) is 0 Å². The molecule has 3 rings (SSSR count). The van der Waals surface area contributed by atoms with Crippen molar-refractivity contribution in [2.75, 3.05) is 18.8 Å². The lowest BCUT2D eigenvalue weighted by Crippen LogP contribution is -2.40. The molecular formula is C18H27NS. The monoisotopic (exact) mass is 289 g/mol. The highest BCUT2D eigenvalue weighted by atomic mass is 32.2. The Bertz CT molecular complexity index is 463. The van der Waals surface area contributed by atoms with Crippen molar-refractivity contribution in [2.24, 2.45) is 0 Å². The lowest BCUT2D eigenvalue weighted by Gasteiger charge is -2.35. The molecule has 1 aliphatic heterocycles. The average molecular weight is 289 g/mol. The number of rotatable bonds is 5. The van der Waals surface area contributed by atoms with Gasteiger partial charge in [0.05, 0.1) is 0 Å². The summed E-state index contributed by atoms with van der Waals surface area (Å²) in [6, 6.07) is 5.82. The normalized spacial score (nSPS) is 21.1. The molecule has 110 valence electrons. The van der Waals surface area contributed by atoms with Crippen molar-refractivity contribution in [3.63, 3.8) is 0 Å². The number of benzene rings is 1. The van der Waals surface area contributed by atoms with Gasteiger partial charge >= 0.3 is 0 Å². The average Bonchev–Trinajstić information content (AvgIpc) is 2.91. The minimum atomic E-state index is 0.784. The van der Waals surface area contributed by atoms with Crippen LogP contribution >= 0.6 is 11.8 Å². The summed E-state index contributed by atoms with van der Waals surface area (Å²) in [5.41, 5.74) is 4.91. The molecule has 0 N–H and O–H groups in total. The Labute approximate surface area is 128 Å². The smallest absolute Gasteiger partial charge is 0.0139 e. The third-order valence-corrected chi connectivity index (χ3v) is 5.85. The molecule has 0 amide bonds. The van der Waals surface area contributed by atoms with Gasteiger partial charge in [-0.25, -0.2) is 0 Å². The second-order valence-electron chi connectivity index (χ2n) is 6.26. The fraction of sp³-hybridized carbons (Fsp3) is 0.667. The van der Waals surface area contributed by atoms with E-state index in [1.807, 2.05) is 0 Å². The zero-order valence-electron chi connectivity index (χ0n) is 13.0. The summed E-state index contributed by atoms with van der Waals surface area (Å²) in [7, 11) is 0. The number of nitrogens with zero attached hydrogens (tertiary/aromatic N) is 1. The van der Waals surface area contributed by atoms with Crippen molar-refractivity contribution in [3.05, 3.63) is 28.8 Å². The number of thioether (sulfide) groups is 1. The Kier molecular flexibility index (Phi) is 4.72. The number of hydrogen-bond donors (Lipinski definition) is 0. The maximum Gasteiger partial charge on any atom is 0.0139 e. The number of fused-ring (bicyclic) bond motifs is 2. The van der Waals surface area contributed by atoms with Crippen LogP contribution in [-0.4, -0.2) is 29.8 Å². The van der Waals surface area contributed by atoms with Gasteiger partial charge in [-0.2, -0.15) is 0 Å². The Hall–Kier alpha value is -0.470. The SMILES string of the molecule is CCCN(CCC)[C@H]1CCc2cc3c(cc2C1)SCC3. The van der Waals surface area contributed by atoms with E-state index >= 15 is 0 Å². The van der Waals surface area contributed by atoms with E-state index in [4.69, 9.17) is 0 Å². The van der Waals surface area contributed by atoms with E-state index in [9.17, 15) is 0 Å². The van der Waals surface area contributed by atoms with Crippen LogP contribution in [0.2, 0.25) is 0 Å². The van der Waals surface area contributed by atoms with E-state index in [1.54, 1.807) is 21.6 Å². The van der Waals surface area contributed by atoms with E-state index in [-0.39, 0.29) is 0 Å². The van der Waals surface area contributed by atoms with Gasteiger partial charge < -0.3 is 4.90 Å². The third-order valence-electron chi connectivity index (χ3n) is 4.75. The summed E-state index contributed by atoms with van der Waals surface area (Å²) >= 11 is 2.06. The Balaban J connectivity index is 1.77. The van der Waals surface area contributed by atoms with Crippen LogP contribution in [0.25, 0.3) is 0 Å². The quantitative estimate of drug-likeness (QED) is 0.794. The van der Waals surface area contributed by atoms with Crippen LogP contribution in [0.1, 0.15) is 49.8 Å². The topological polar surface area (TPSA) is 3.24 Å². The highest BCUT2D eigenvalue weighted by molar-refractivity contribution is 7.99. The van der Waals surface area contributed by atoms with E-state index in [1.165, 1.54) is 57.4 Å². The minimum Gasteiger partial charge on any atom is -0.300 e. The summed E-state index contributed by atoms with van der Waals surface area (Å²) < 4.78 is 0. The maximum absolute atomic E-state index is 2.74. The minimum absolute atomic E-state index is 0.784. The maximum atomic E-state index is 2.74. The molecule has 1 aliphatic carbocycles. The van der Waals surface area contributed by atoms with Gasteiger partial charge in [-0.3, -0.25) is 0 Å². The van der Waals surface area contributed by atoms with Crippen LogP contribution in [0.3, 0.4) is 0 Å². The molecule has 0 radical (unpaired) electrons. The van der Waals surface area contributed by atoms with Crippen LogP contribution < -0.4 is 0 Å². The highest BCUT2D eigenvalue weighted by Gasteiger charge is 2.25. The van der Waals surface area contributed by atoms with E-state index < -0.39 is 0 Å². The molecule has 0 aromatic heterocycles. The first-order valence-corrected chi connectivity index (χ1v) is 9.32. The molecule has 1 heterocycles. The second-order valence-corrected chi connectivity index (χ2v) is 7.40. The molecular weight excluding hydrogens is 262 g/mol. The molecule has 1 aromatic rings. The van der Waals surface area contributed by atoms with Gasteiger partial charge in [-0.15, -0.1) is 11.8 Å². The first kappa shape index (κ1) is 14.5. The molecule has 1 aromatic carbocycles. The Morgan fingerprint density at radius 3 is 2.60 bits per heavy atom. The van der Waals surface area contributed by atoms with Gasteiger partial charge in [-0.05, 0) is 74.4 Å². The van der Waals surface area contributed by atoms with Crippen LogP contribution in [0.15, 0.2) is 17.0 Å². The van der Waals surface area contributed by atoms with Crippen molar-refractivity contribution in [2.45, 2.75) is 63.3 Å². The van der Waals surface area contributed by atoms with E-state index in [0.29, 0.717) is 0 Å². The van der Waals surface area contributed by atoms with Crippen molar-refractivity contribution in [3.8, 4) is 0 Å². The van der Waals surface area contributed by atoms with Gasteiger partial charge in [0.25, 0.3) is 0 Å². The van der Waals surface area contributed by atoms with Crippen molar-refractivity contribution in [1.29, 1.82) is 0 Å². The van der Waals surface area contributed by atoms with E-state index in [0.717, 1.165) is 6.04 Å². The molecule has 1 nitrogen and oxygen atoms in total. The molecule has 2 heteroatoms. The lowest BCUT2D eigenvalue weighted by atomic mass is 9.86. The van der Waals surface area contributed by atoms with Crippen molar-refractivity contribution in [1.82, 2.24) is 4.90 Å². The molecule has 2 aliphatic rings. The van der Waals surface area contributed by atoms with Gasteiger partial charge in [0.2, 0.25) is 0 Å². The number of hydrogen-bond acceptors (Lipinski definition) is 2. The zero-order chi connectivity index (χ0) is 13.9. The fourth-order valence-electron chi connectivity index (χ4n) is 3.78. The molecule has 20 heavy (non-hydrogen) atoms. The standard InChI is InChI=1S/C18H27NS/c1-3-8-19(9-4-2)17-6-5-14-11-15-7-10-20-18(15)13-16(14)12-17/h11,13,17H,3-10,12H2,1-2H3/t17-/m0/s1. The summed E-state index contributed by atoms with van der Waals surface area (Å²) in [5, 5.41) is 0. The second kappa shape index (κ2) is 6.53. The first-order chi connectivity index (χ1) is 9.81. The van der Waals surface area contributed by atoms with Crippen LogP contribution in [0.5, 0.6) is 0 Å². The summed E-state index contributed by atoms with van der Waals surface area (Å²) in [4.78, 5) is 4.31. The van der Waals surface area contributed by atoms with Gasteiger partial charge in [-0.1, -0.05) is 19.9 Å². The predicted molar refractivity (Wildman–Crippen MR) is 88.8 cm³/mol. The van der Waals surface area contributed by atoms with Crippen LogP contribution in [0.4, 0.5) is 0 Å². The zero-order valence-corrected chi connectivity index (χ0v) is 13.8. The van der Waals surface area contributed by atoms with Crippen molar-refractivity contribution < 1.29 is 0 Å². The molecule has 0 saturated heterocycles. The molecule has 0 fully saturated rings. The molecule has 0 saturated carbocycles. The largest absolute Gasteiger partial charge is 0.300 e. The summed E-state index contributed by atoms with van der Waals surface area (Å²) in [6.45, 7) is 7.16. The molecule has 0 unspecified atom stereocenters. The Morgan fingerprint density at radius 2 is 1.85 bits per heavy atom. The first-order valence-electron chi connectivity index (χ1n) is 8.33. The van der Waals surface area contributed by atoms with Crippen LogP contribution in [0, 0.1) is 0 Å². The third kappa shape index (κ3) is 2.92. The summed E-state index contributed by atoms with van der Waals surface area (Å²) in [6.07, 6.45) is 7.78. The van der Waals surface area contributed by atoms with Gasteiger partial charge in [0.1, 0.15) is 0 Å². The molecule has 0 spiro atoms. The summed E-state index contributed by atoms with van der Waals surface area (Å²) in [5.74, 6) is 1.29. The highest BCUT2D eigenvalue weighted by Crippen LogP contribution is 2.36. The lowest BCUT2D eigenvalue weighted by molar-refractivity contribution is 0.180. The fourth-order valence-corrected chi connectivity index (χ4v) is 4.90. The van der Waals surface area contributed by atoms with Gasteiger partial charge in [0, 0.05) is 16.7 Å². The van der Waals surface area contributed by atoms with Crippen LogP contribution in [-0.2, 0) is 19.3 Å². The Morgan fingerprint density at radius 1 is 1.05 bits per heavy atom. The molecule has 1 atom stereocenters. The van der Waals surface area contributed by atoms with Crippen molar-refractivity contribution >= 4 is 11.8 Å². The van der Waals surface area contributed by atoms with E-state index in [2.05, 4.69) is 42.6 Å². The number of aryl methyl sites for hydroxylation is 2. The molecule has 0 bridgehead atoms.